The molecular formula is C20H29IN4O2S. The molecule has 0 aliphatic rings. The Morgan fingerprint density at radius 3 is 2.18 bits per heavy atom. The highest BCUT2D eigenvalue weighted by molar-refractivity contribution is 14.0. The van der Waals surface area contributed by atoms with E-state index in [4.69, 9.17) is 0 Å². The van der Waals surface area contributed by atoms with Crippen LogP contribution in [0.2, 0.25) is 0 Å². The fourth-order valence-electron chi connectivity index (χ4n) is 2.72. The van der Waals surface area contributed by atoms with Crippen LogP contribution in [0.4, 0.5) is 0 Å². The van der Waals surface area contributed by atoms with Gasteiger partial charge >= 0.3 is 0 Å². The van der Waals surface area contributed by atoms with E-state index in [0.717, 1.165) is 0 Å². The molecule has 6 nitrogen and oxygen atoms in total. The summed E-state index contributed by atoms with van der Waals surface area (Å²) in [4.78, 5) is 4.53. The Kier molecular flexibility index (Phi) is 9.38. The van der Waals surface area contributed by atoms with Crippen LogP contribution in [0.3, 0.4) is 0 Å². The molecule has 2 N–H and O–H groups in total. The molecule has 0 aromatic heterocycles. The van der Waals surface area contributed by atoms with Gasteiger partial charge in [-0.1, -0.05) is 42.0 Å². The van der Waals surface area contributed by atoms with Gasteiger partial charge in [0.25, 0.3) is 0 Å². The first kappa shape index (κ1) is 24.4. The first-order valence-corrected chi connectivity index (χ1v) is 10.2. The average Bonchev–Trinajstić information content (AvgIpc) is 2.63. The summed E-state index contributed by atoms with van der Waals surface area (Å²) >= 11 is 0. The molecule has 2 aromatic carbocycles. The zero-order chi connectivity index (χ0) is 20.0. The lowest BCUT2D eigenvalue weighted by atomic mass is 10.1. The van der Waals surface area contributed by atoms with Crippen molar-refractivity contribution < 1.29 is 8.42 Å². The Hall–Kier alpha value is -1.65. The second kappa shape index (κ2) is 10.8. The van der Waals surface area contributed by atoms with Crippen LogP contribution >= 0.6 is 24.0 Å². The summed E-state index contributed by atoms with van der Waals surface area (Å²) in [6, 6.07) is 13.3. The fraction of sp³-hybridized carbons (Fsp3) is 0.350. The molecule has 0 bridgehead atoms. The minimum absolute atomic E-state index is 0. The second-order valence-electron chi connectivity index (χ2n) is 6.60. The number of aryl methyl sites for hydroxylation is 2. The number of nitrogens with zero attached hydrogens (tertiary/aromatic N) is 2. The molecule has 0 atom stereocenters. The van der Waals surface area contributed by atoms with E-state index in [2.05, 4.69) is 47.7 Å². The van der Waals surface area contributed by atoms with E-state index in [9.17, 15) is 8.42 Å². The Balaban J connectivity index is 0.00000392. The van der Waals surface area contributed by atoms with Crippen molar-refractivity contribution >= 4 is 40.0 Å². The molecule has 0 saturated carbocycles. The molecule has 0 fully saturated rings. The van der Waals surface area contributed by atoms with E-state index in [-0.39, 0.29) is 24.0 Å². The number of hydrogen-bond donors (Lipinski definition) is 2. The standard InChI is InChI=1S/C20H28N4O2S.HI/c1-15-10-11-17(16(2)12-15)13-22-20(21-3)23-14-18-8-6-7-9-19(18)27(25,26)24(4)5;/h6-12H,13-14H2,1-5H3,(H2,21,22,23);1H. The van der Waals surface area contributed by atoms with Gasteiger partial charge < -0.3 is 10.6 Å². The van der Waals surface area contributed by atoms with Crippen LogP contribution in [-0.2, 0) is 23.1 Å². The highest BCUT2D eigenvalue weighted by atomic mass is 127. The average molecular weight is 516 g/mol. The molecular weight excluding hydrogens is 487 g/mol. The first-order valence-electron chi connectivity index (χ1n) is 8.76. The Bertz CT molecular complexity index is 928. The van der Waals surface area contributed by atoms with Crippen molar-refractivity contribution in [2.24, 2.45) is 4.99 Å². The van der Waals surface area contributed by atoms with Crippen LogP contribution in [0, 0.1) is 13.8 Å². The highest BCUT2D eigenvalue weighted by Crippen LogP contribution is 2.18. The number of halogens is 1. The SMILES string of the molecule is CN=C(NCc1ccc(C)cc1C)NCc1ccccc1S(=O)(=O)N(C)C.I. The van der Waals surface area contributed by atoms with Crippen molar-refractivity contribution in [3.63, 3.8) is 0 Å². The third kappa shape index (κ3) is 6.18. The normalized spacial score (nSPS) is 11.9. The number of nitrogens with one attached hydrogen (secondary N) is 2. The van der Waals surface area contributed by atoms with E-state index in [1.54, 1.807) is 25.2 Å². The number of sulfonamides is 1. The highest BCUT2D eigenvalue weighted by Gasteiger charge is 2.20. The van der Waals surface area contributed by atoms with Gasteiger partial charge in [0.05, 0.1) is 4.90 Å². The maximum absolute atomic E-state index is 12.5. The van der Waals surface area contributed by atoms with Gasteiger partial charge in [0.1, 0.15) is 0 Å². The molecule has 2 aromatic rings. The maximum Gasteiger partial charge on any atom is 0.242 e. The third-order valence-corrected chi connectivity index (χ3v) is 6.26. The van der Waals surface area contributed by atoms with Gasteiger partial charge in [-0.2, -0.15) is 0 Å². The van der Waals surface area contributed by atoms with Crippen molar-refractivity contribution in [3.8, 4) is 0 Å². The number of aliphatic imine (C=N–C) groups is 1. The topological polar surface area (TPSA) is 73.8 Å². The van der Waals surface area contributed by atoms with Gasteiger partial charge in [0.15, 0.2) is 5.96 Å². The van der Waals surface area contributed by atoms with Gasteiger partial charge in [0, 0.05) is 34.2 Å². The minimum Gasteiger partial charge on any atom is -0.352 e. The predicted octanol–water partition coefficient (Wildman–Crippen LogP) is 3.04. The first-order chi connectivity index (χ1) is 12.8. The zero-order valence-electron chi connectivity index (χ0n) is 17.0. The lowest BCUT2D eigenvalue weighted by Crippen LogP contribution is -2.37. The molecule has 0 spiro atoms. The largest absolute Gasteiger partial charge is 0.352 e. The summed E-state index contributed by atoms with van der Waals surface area (Å²) in [5, 5.41) is 6.47. The minimum atomic E-state index is -3.49. The summed E-state index contributed by atoms with van der Waals surface area (Å²) in [5.41, 5.74) is 4.35. The number of rotatable bonds is 6. The van der Waals surface area contributed by atoms with Gasteiger partial charge in [-0.05, 0) is 36.6 Å². The van der Waals surface area contributed by atoms with E-state index in [0.29, 0.717) is 29.5 Å². The number of guanidine groups is 1. The predicted molar refractivity (Wildman–Crippen MR) is 126 cm³/mol. The fourth-order valence-corrected chi connectivity index (χ4v) is 3.84. The van der Waals surface area contributed by atoms with Crippen LogP contribution in [0.15, 0.2) is 52.4 Å². The maximum atomic E-state index is 12.5. The monoisotopic (exact) mass is 516 g/mol. The smallest absolute Gasteiger partial charge is 0.242 e. The molecule has 0 amide bonds. The molecule has 0 radical (unpaired) electrons. The van der Waals surface area contributed by atoms with Crippen LogP contribution in [0.1, 0.15) is 22.3 Å². The molecule has 2 rings (SSSR count). The van der Waals surface area contributed by atoms with Crippen molar-refractivity contribution in [1.82, 2.24) is 14.9 Å². The molecule has 8 heteroatoms. The summed E-state index contributed by atoms with van der Waals surface area (Å²) in [5.74, 6) is 0.618. The lowest BCUT2D eigenvalue weighted by Gasteiger charge is -2.17. The molecule has 154 valence electrons. The number of hydrogen-bond acceptors (Lipinski definition) is 3. The summed E-state index contributed by atoms with van der Waals surface area (Å²) in [7, 11) is 1.26. The summed E-state index contributed by atoms with van der Waals surface area (Å²) in [6.45, 7) is 5.16. The Morgan fingerprint density at radius 2 is 1.61 bits per heavy atom. The summed E-state index contributed by atoms with van der Waals surface area (Å²) in [6.07, 6.45) is 0. The molecule has 0 aliphatic carbocycles. The van der Waals surface area contributed by atoms with E-state index < -0.39 is 10.0 Å². The van der Waals surface area contributed by atoms with Crippen LogP contribution in [0.25, 0.3) is 0 Å². The summed E-state index contributed by atoms with van der Waals surface area (Å²) < 4.78 is 26.2. The van der Waals surface area contributed by atoms with Crippen LogP contribution in [0.5, 0.6) is 0 Å². The van der Waals surface area contributed by atoms with E-state index in [1.807, 2.05) is 6.07 Å². The molecule has 0 unspecified atom stereocenters. The van der Waals surface area contributed by atoms with E-state index >= 15 is 0 Å². The quantitative estimate of drug-likeness (QED) is 0.352. The van der Waals surface area contributed by atoms with Gasteiger partial charge in [0.2, 0.25) is 10.0 Å². The molecule has 0 aliphatic heterocycles. The lowest BCUT2D eigenvalue weighted by molar-refractivity contribution is 0.519. The van der Waals surface area contributed by atoms with Crippen molar-refractivity contribution in [2.75, 3.05) is 21.1 Å². The van der Waals surface area contributed by atoms with Crippen molar-refractivity contribution in [1.29, 1.82) is 0 Å². The van der Waals surface area contributed by atoms with Gasteiger partial charge in [-0.3, -0.25) is 4.99 Å². The number of benzene rings is 2. The van der Waals surface area contributed by atoms with Gasteiger partial charge in [-0.15, -0.1) is 24.0 Å². The second-order valence-corrected chi connectivity index (χ2v) is 8.72. The van der Waals surface area contributed by atoms with Crippen molar-refractivity contribution in [3.05, 3.63) is 64.7 Å². The molecule has 0 heterocycles. The molecule has 28 heavy (non-hydrogen) atoms. The molecule has 0 saturated heterocycles. The van der Waals surface area contributed by atoms with Gasteiger partial charge in [-0.25, -0.2) is 12.7 Å². The third-order valence-electron chi connectivity index (χ3n) is 4.35. The van der Waals surface area contributed by atoms with Crippen LogP contribution in [-0.4, -0.2) is 39.8 Å². The Labute approximate surface area is 185 Å². The zero-order valence-corrected chi connectivity index (χ0v) is 20.1. The van der Waals surface area contributed by atoms with Crippen molar-refractivity contribution in [2.45, 2.75) is 31.8 Å². The van der Waals surface area contributed by atoms with E-state index in [1.165, 1.54) is 35.1 Å². The Morgan fingerprint density at radius 1 is 1.00 bits per heavy atom. The van der Waals surface area contributed by atoms with Crippen LogP contribution < -0.4 is 10.6 Å².